The number of aryl methyl sites for hydroxylation is 2. The molecule has 9 nitrogen and oxygen atoms in total. The van der Waals surface area contributed by atoms with Crippen LogP contribution in [0, 0.1) is 17.0 Å². The maximum atomic E-state index is 12.2. The van der Waals surface area contributed by atoms with Gasteiger partial charge in [0.05, 0.1) is 22.3 Å². The van der Waals surface area contributed by atoms with Gasteiger partial charge < -0.3 is 5.32 Å². The van der Waals surface area contributed by atoms with E-state index in [0.717, 1.165) is 10.9 Å². The van der Waals surface area contributed by atoms with Crippen molar-refractivity contribution in [2.45, 2.75) is 11.9 Å². The minimum absolute atomic E-state index is 0.0615. The van der Waals surface area contributed by atoms with Crippen molar-refractivity contribution < 1.29 is 9.72 Å². The third-order valence-corrected chi connectivity index (χ3v) is 4.46. The van der Waals surface area contributed by atoms with Crippen LogP contribution in [-0.2, 0) is 11.8 Å². The molecule has 0 aliphatic heterocycles. The number of aromatic nitrogens is 4. The van der Waals surface area contributed by atoms with E-state index in [4.69, 9.17) is 0 Å². The Morgan fingerprint density at radius 2 is 2.20 bits per heavy atom. The highest BCUT2D eigenvalue weighted by atomic mass is 32.2. The summed E-state index contributed by atoms with van der Waals surface area (Å²) in [6.07, 6.45) is 3.05. The van der Waals surface area contributed by atoms with Crippen molar-refractivity contribution in [2.75, 3.05) is 11.1 Å². The number of nitro groups is 1. The summed E-state index contributed by atoms with van der Waals surface area (Å²) in [6, 6.07) is 4.66. The smallest absolute Gasteiger partial charge is 0.293 e. The number of anilines is 1. The number of thioether (sulfide) groups is 1. The van der Waals surface area contributed by atoms with Crippen molar-refractivity contribution in [3.63, 3.8) is 0 Å². The van der Waals surface area contributed by atoms with Gasteiger partial charge in [-0.15, -0.1) is 0 Å². The van der Waals surface area contributed by atoms with Gasteiger partial charge in [-0.25, -0.2) is 9.97 Å². The van der Waals surface area contributed by atoms with E-state index < -0.39 is 4.92 Å². The van der Waals surface area contributed by atoms with E-state index in [1.165, 1.54) is 30.2 Å². The van der Waals surface area contributed by atoms with Crippen LogP contribution in [0.3, 0.4) is 0 Å². The lowest BCUT2D eigenvalue weighted by molar-refractivity contribution is -0.384. The highest BCUT2D eigenvalue weighted by molar-refractivity contribution is 8.00. The molecule has 10 heteroatoms. The summed E-state index contributed by atoms with van der Waals surface area (Å²) in [5.41, 5.74) is 1.47. The molecule has 1 aromatic carbocycles. The van der Waals surface area contributed by atoms with E-state index in [1.54, 1.807) is 30.9 Å². The molecule has 0 fully saturated rings. The highest BCUT2D eigenvalue weighted by Crippen LogP contribution is 2.27. The van der Waals surface area contributed by atoms with Crippen molar-refractivity contribution in [3.8, 4) is 0 Å². The summed E-state index contributed by atoms with van der Waals surface area (Å²) in [5, 5.41) is 19.2. The zero-order chi connectivity index (χ0) is 18.0. The van der Waals surface area contributed by atoms with Crippen molar-refractivity contribution >= 4 is 40.1 Å². The average Bonchev–Trinajstić information content (AvgIpc) is 2.96. The summed E-state index contributed by atoms with van der Waals surface area (Å²) in [7, 11) is 1.77. The zero-order valence-electron chi connectivity index (χ0n) is 13.5. The molecule has 0 radical (unpaired) electrons. The summed E-state index contributed by atoms with van der Waals surface area (Å²) >= 11 is 1.22. The number of fused-ring (bicyclic) bond motifs is 1. The first-order valence-corrected chi connectivity index (χ1v) is 8.24. The average molecular weight is 358 g/mol. The summed E-state index contributed by atoms with van der Waals surface area (Å²) in [4.78, 5) is 31.1. The lowest BCUT2D eigenvalue weighted by Gasteiger charge is -2.07. The van der Waals surface area contributed by atoms with Gasteiger partial charge in [0, 0.05) is 13.1 Å². The molecule has 2 heterocycles. The molecule has 0 spiro atoms. The number of nitrogens with one attached hydrogen (secondary N) is 1. The maximum absolute atomic E-state index is 12.2. The number of nitrogens with zero attached hydrogens (tertiary/aromatic N) is 5. The van der Waals surface area contributed by atoms with Crippen LogP contribution in [-0.4, -0.2) is 36.3 Å². The lowest BCUT2D eigenvalue weighted by Crippen LogP contribution is -2.15. The third-order valence-electron chi connectivity index (χ3n) is 3.46. The van der Waals surface area contributed by atoms with Crippen LogP contribution in [0.15, 0.2) is 35.7 Å². The molecule has 0 saturated carbocycles. The molecule has 0 bridgehead atoms. The monoisotopic (exact) mass is 358 g/mol. The molecule has 0 aliphatic carbocycles. The fourth-order valence-corrected chi connectivity index (χ4v) is 3.04. The number of hydrogen-bond donors (Lipinski definition) is 1. The van der Waals surface area contributed by atoms with Gasteiger partial charge in [-0.3, -0.25) is 19.6 Å². The van der Waals surface area contributed by atoms with Gasteiger partial charge in [0.15, 0.2) is 5.65 Å². The zero-order valence-corrected chi connectivity index (χ0v) is 14.3. The first kappa shape index (κ1) is 16.8. The van der Waals surface area contributed by atoms with Crippen LogP contribution < -0.4 is 5.32 Å². The van der Waals surface area contributed by atoms with Crippen LogP contribution in [0.1, 0.15) is 5.56 Å². The second kappa shape index (κ2) is 6.85. The topological polar surface area (TPSA) is 116 Å². The second-order valence-electron chi connectivity index (χ2n) is 5.30. The number of carbonyl (C=O) groups is 1. The number of carbonyl (C=O) groups excluding carboxylic acids is 1. The van der Waals surface area contributed by atoms with Crippen molar-refractivity contribution in [1.82, 2.24) is 19.7 Å². The van der Waals surface area contributed by atoms with E-state index in [2.05, 4.69) is 20.4 Å². The van der Waals surface area contributed by atoms with Crippen LogP contribution >= 0.6 is 11.8 Å². The Bertz CT molecular complexity index is 971. The number of hydrogen-bond acceptors (Lipinski definition) is 7. The van der Waals surface area contributed by atoms with Gasteiger partial charge in [-0.05, 0) is 18.6 Å². The fraction of sp³-hybridized carbons (Fsp3) is 0.200. The molecular weight excluding hydrogens is 344 g/mol. The molecule has 1 amide bonds. The van der Waals surface area contributed by atoms with Crippen molar-refractivity contribution in [1.29, 1.82) is 0 Å². The van der Waals surface area contributed by atoms with Crippen LogP contribution in [0.25, 0.3) is 11.0 Å². The number of rotatable bonds is 5. The Kier molecular flexibility index (Phi) is 4.61. The molecule has 0 atom stereocenters. The minimum atomic E-state index is -0.515. The van der Waals surface area contributed by atoms with E-state index in [9.17, 15) is 14.9 Å². The number of nitro benzene ring substituents is 1. The largest absolute Gasteiger partial charge is 0.320 e. The van der Waals surface area contributed by atoms with Gasteiger partial charge in [-0.1, -0.05) is 17.8 Å². The van der Waals surface area contributed by atoms with E-state index in [1.807, 2.05) is 0 Å². The SMILES string of the molecule is Cc1ccc(NC(=O)CSc2ncnc3c2cnn3C)c([N+](=O)[O-])c1. The molecule has 3 rings (SSSR count). The Labute approximate surface area is 146 Å². The van der Waals surface area contributed by atoms with Gasteiger partial charge >= 0.3 is 0 Å². The first-order chi connectivity index (χ1) is 12.0. The quantitative estimate of drug-likeness (QED) is 0.322. The molecule has 3 aromatic rings. The summed E-state index contributed by atoms with van der Waals surface area (Å²) in [5.74, 6) is -0.293. The molecule has 0 saturated heterocycles. The van der Waals surface area contributed by atoms with Crippen molar-refractivity contribution in [3.05, 3.63) is 46.4 Å². The minimum Gasteiger partial charge on any atom is -0.320 e. The lowest BCUT2D eigenvalue weighted by atomic mass is 10.2. The van der Waals surface area contributed by atoms with E-state index in [0.29, 0.717) is 10.7 Å². The fourth-order valence-electron chi connectivity index (χ4n) is 2.27. The first-order valence-electron chi connectivity index (χ1n) is 7.26. The summed E-state index contributed by atoms with van der Waals surface area (Å²) in [6.45, 7) is 1.75. The Hall–Kier alpha value is -3.01. The molecule has 0 aliphatic rings. The molecule has 128 valence electrons. The normalized spacial score (nSPS) is 10.8. The Morgan fingerprint density at radius 3 is 2.96 bits per heavy atom. The van der Waals surface area contributed by atoms with Crippen LogP contribution in [0.5, 0.6) is 0 Å². The molecule has 25 heavy (non-hydrogen) atoms. The molecule has 0 unspecified atom stereocenters. The van der Waals surface area contributed by atoms with E-state index >= 15 is 0 Å². The predicted octanol–water partition coefficient (Wildman–Crippen LogP) is 2.31. The number of amides is 1. The second-order valence-corrected chi connectivity index (χ2v) is 6.26. The van der Waals surface area contributed by atoms with Crippen molar-refractivity contribution in [2.24, 2.45) is 7.05 Å². The van der Waals surface area contributed by atoms with E-state index in [-0.39, 0.29) is 23.0 Å². The molecular formula is C15H14N6O3S. The maximum Gasteiger partial charge on any atom is 0.293 e. The van der Waals surface area contributed by atoms with Gasteiger partial charge in [0.1, 0.15) is 17.0 Å². The standard InChI is InChI=1S/C15H14N6O3S/c1-9-3-4-11(12(5-9)21(23)24)19-13(22)7-25-15-10-6-18-20(2)14(10)16-8-17-15/h3-6,8H,7H2,1-2H3,(H,19,22). The highest BCUT2D eigenvalue weighted by Gasteiger charge is 2.17. The number of benzene rings is 1. The molecule has 2 aromatic heterocycles. The Balaban J connectivity index is 1.72. The van der Waals surface area contributed by atoms with Gasteiger partial charge in [-0.2, -0.15) is 5.10 Å². The summed E-state index contributed by atoms with van der Waals surface area (Å²) < 4.78 is 1.62. The Morgan fingerprint density at radius 1 is 1.40 bits per heavy atom. The van der Waals surface area contributed by atoms with Gasteiger partial charge in [0.2, 0.25) is 5.91 Å². The van der Waals surface area contributed by atoms with Crippen LogP contribution in [0.2, 0.25) is 0 Å². The molecule has 1 N–H and O–H groups in total. The third kappa shape index (κ3) is 3.58. The predicted molar refractivity (Wildman–Crippen MR) is 93.5 cm³/mol. The van der Waals surface area contributed by atoms with Gasteiger partial charge in [0.25, 0.3) is 5.69 Å². The van der Waals surface area contributed by atoms with Crippen LogP contribution in [0.4, 0.5) is 11.4 Å².